The molecule has 0 radical (unpaired) electrons. The quantitative estimate of drug-likeness (QED) is 0.390. The van der Waals surface area contributed by atoms with Crippen molar-refractivity contribution in [2.75, 3.05) is 20.6 Å². The average molecular weight is 339 g/mol. The highest BCUT2D eigenvalue weighted by atomic mass is 15.1. The lowest BCUT2D eigenvalue weighted by molar-refractivity contribution is 0.146. The van der Waals surface area contributed by atoms with Crippen LogP contribution in [0, 0.1) is 5.92 Å². The second-order valence-electron chi connectivity index (χ2n) is 8.30. The van der Waals surface area contributed by atoms with E-state index >= 15 is 0 Å². The van der Waals surface area contributed by atoms with E-state index in [1.54, 1.807) is 0 Å². The van der Waals surface area contributed by atoms with Crippen LogP contribution in [0.3, 0.4) is 0 Å². The lowest BCUT2D eigenvalue weighted by atomic mass is 9.88. The van der Waals surface area contributed by atoms with Crippen LogP contribution in [0.15, 0.2) is 0 Å². The summed E-state index contributed by atoms with van der Waals surface area (Å²) in [5, 5.41) is 3.47. The van der Waals surface area contributed by atoms with E-state index in [0.29, 0.717) is 0 Å². The first-order valence-electron chi connectivity index (χ1n) is 11.1. The summed E-state index contributed by atoms with van der Waals surface area (Å²) in [6.45, 7) is 5.97. The summed E-state index contributed by atoms with van der Waals surface area (Å²) in [7, 11) is 4.52. The molecule has 0 spiro atoms. The second-order valence-corrected chi connectivity index (χ2v) is 8.30. The van der Waals surface area contributed by atoms with E-state index in [4.69, 9.17) is 0 Å². The highest BCUT2D eigenvalue weighted by Crippen LogP contribution is 2.25. The van der Waals surface area contributed by atoms with Crippen LogP contribution >= 0.6 is 0 Å². The molecule has 0 heterocycles. The fraction of sp³-hybridized carbons (Fsp3) is 1.00. The molecule has 0 saturated heterocycles. The number of hydrogen-bond donors (Lipinski definition) is 1. The lowest BCUT2D eigenvalue weighted by Gasteiger charge is -2.36. The van der Waals surface area contributed by atoms with E-state index in [0.717, 1.165) is 18.0 Å². The monoisotopic (exact) mass is 338 g/mol. The van der Waals surface area contributed by atoms with Gasteiger partial charge in [0.1, 0.15) is 0 Å². The second kappa shape index (κ2) is 14.1. The highest BCUT2D eigenvalue weighted by Gasteiger charge is 2.24. The van der Waals surface area contributed by atoms with Crippen molar-refractivity contribution in [1.29, 1.82) is 0 Å². The molecule has 144 valence electrons. The third-order valence-electron chi connectivity index (χ3n) is 6.21. The first kappa shape index (κ1) is 22.0. The molecule has 0 amide bonds. The van der Waals surface area contributed by atoms with E-state index in [-0.39, 0.29) is 0 Å². The molecule has 0 aromatic heterocycles. The molecule has 24 heavy (non-hydrogen) atoms. The first-order valence-corrected chi connectivity index (χ1v) is 11.1. The molecule has 0 atom stereocenters. The SMILES string of the molecule is CCCCCCC(CCCCCC)CN(C)[C@H]1CC[C@H](NC)CC1. The van der Waals surface area contributed by atoms with Gasteiger partial charge in [-0.1, -0.05) is 65.2 Å². The number of hydrogen-bond acceptors (Lipinski definition) is 2. The first-order chi connectivity index (χ1) is 11.7. The van der Waals surface area contributed by atoms with Crippen LogP contribution in [0.5, 0.6) is 0 Å². The molecule has 1 rings (SSSR count). The third kappa shape index (κ3) is 9.42. The van der Waals surface area contributed by atoms with Gasteiger partial charge in [0.05, 0.1) is 0 Å². The van der Waals surface area contributed by atoms with E-state index in [9.17, 15) is 0 Å². The van der Waals surface area contributed by atoms with Crippen molar-refractivity contribution in [2.24, 2.45) is 5.92 Å². The Morgan fingerprint density at radius 1 is 0.833 bits per heavy atom. The molecule has 0 bridgehead atoms. The molecule has 1 N–H and O–H groups in total. The van der Waals surface area contributed by atoms with Gasteiger partial charge >= 0.3 is 0 Å². The molecule has 0 aromatic rings. The molecule has 1 aliphatic carbocycles. The lowest BCUT2D eigenvalue weighted by Crippen LogP contribution is -2.41. The molecule has 1 saturated carbocycles. The topological polar surface area (TPSA) is 15.3 Å². The molecule has 1 fully saturated rings. The predicted octanol–water partition coefficient (Wildman–Crippen LogP) is 6.01. The highest BCUT2D eigenvalue weighted by molar-refractivity contribution is 4.82. The van der Waals surface area contributed by atoms with Gasteiger partial charge < -0.3 is 10.2 Å². The van der Waals surface area contributed by atoms with Crippen molar-refractivity contribution >= 4 is 0 Å². The van der Waals surface area contributed by atoms with E-state index in [1.165, 1.54) is 96.4 Å². The Labute approximate surface area is 153 Å². The molecule has 0 aliphatic heterocycles. The molecular weight excluding hydrogens is 292 g/mol. The summed E-state index contributed by atoms with van der Waals surface area (Å²) in [4.78, 5) is 2.72. The zero-order valence-corrected chi connectivity index (χ0v) is 17.3. The molecular formula is C22H46N2. The minimum atomic E-state index is 0.772. The van der Waals surface area contributed by atoms with E-state index in [1.807, 2.05) is 0 Å². The van der Waals surface area contributed by atoms with Gasteiger partial charge in [-0.2, -0.15) is 0 Å². The smallest absolute Gasteiger partial charge is 0.00934 e. The van der Waals surface area contributed by atoms with Crippen molar-refractivity contribution < 1.29 is 0 Å². The summed E-state index contributed by atoms with van der Waals surface area (Å²) in [6, 6.07) is 1.61. The van der Waals surface area contributed by atoms with Gasteiger partial charge in [-0.15, -0.1) is 0 Å². The van der Waals surface area contributed by atoms with Gasteiger partial charge in [-0.3, -0.25) is 0 Å². The van der Waals surface area contributed by atoms with E-state index in [2.05, 4.69) is 38.2 Å². The summed E-state index contributed by atoms with van der Waals surface area (Å²) in [5.41, 5.74) is 0. The van der Waals surface area contributed by atoms with Crippen LogP contribution in [-0.4, -0.2) is 37.6 Å². The fourth-order valence-corrected chi connectivity index (χ4v) is 4.41. The minimum absolute atomic E-state index is 0.772. The number of rotatable bonds is 14. The number of nitrogens with zero attached hydrogens (tertiary/aromatic N) is 1. The fourth-order valence-electron chi connectivity index (χ4n) is 4.41. The van der Waals surface area contributed by atoms with Crippen LogP contribution in [0.25, 0.3) is 0 Å². The largest absolute Gasteiger partial charge is 0.317 e. The van der Waals surface area contributed by atoms with Crippen LogP contribution in [-0.2, 0) is 0 Å². The van der Waals surface area contributed by atoms with Crippen LogP contribution in [0.2, 0.25) is 0 Å². The van der Waals surface area contributed by atoms with Gasteiger partial charge in [0, 0.05) is 18.6 Å². The Morgan fingerprint density at radius 3 is 1.83 bits per heavy atom. The van der Waals surface area contributed by atoms with Crippen molar-refractivity contribution in [3.05, 3.63) is 0 Å². The van der Waals surface area contributed by atoms with Gasteiger partial charge in [0.2, 0.25) is 0 Å². The van der Waals surface area contributed by atoms with E-state index < -0.39 is 0 Å². The van der Waals surface area contributed by atoms with Gasteiger partial charge in [0.25, 0.3) is 0 Å². The van der Waals surface area contributed by atoms with Gasteiger partial charge in [-0.25, -0.2) is 0 Å². The third-order valence-corrected chi connectivity index (χ3v) is 6.21. The van der Waals surface area contributed by atoms with Crippen LogP contribution in [0.4, 0.5) is 0 Å². The number of nitrogens with one attached hydrogen (secondary N) is 1. The summed E-state index contributed by atoms with van der Waals surface area (Å²) < 4.78 is 0. The maximum atomic E-state index is 3.47. The Hall–Kier alpha value is -0.0800. The normalized spacial score (nSPS) is 21.8. The van der Waals surface area contributed by atoms with Crippen LogP contribution < -0.4 is 5.32 Å². The Kier molecular flexibility index (Phi) is 12.9. The Balaban J connectivity index is 2.34. The maximum Gasteiger partial charge on any atom is 0.00934 e. The number of unbranched alkanes of at least 4 members (excludes halogenated alkanes) is 6. The zero-order chi connectivity index (χ0) is 17.6. The molecule has 0 unspecified atom stereocenters. The molecule has 0 aromatic carbocycles. The van der Waals surface area contributed by atoms with Crippen molar-refractivity contribution in [3.63, 3.8) is 0 Å². The van der Waals surface area contributed by atoms with Crippen molar-refractivity contribution in [3.8, 4) is 0 Å². The summed E-state index contributed by atoms with van der Waals surface area (Å²) >= 11 is 0. The van der Waals surface area contributed by atoms with Crippen molar-refractivity contribution in [2.45, 2.75) is 116 Å². The zero-order valence-electron chi connectivity index (χ0n) is 17.3. The maximum absolute atomic E-state index is 3.47. The minimum Gasteiger partial charge on any atom is -0.317 e. The van der Waals surface area contributed by atoms with Gasteiger partial charge in [-0.05, 0) is 58.5 Å². The summed E-state index contributed by atoms with van der Waals surface area (Å²) in [5.74, 6) is 0.936. The Morgan fingerprint density at radius 2 is 1.38 bits per heavy atom. The van der Waals surface area contributed by atoms with Gasteiger partial charge in [0.15, 0.2) is 0 Å². The molecule has 2 heteroatoms. The molecule has 1 aliphatic rings. The molecule has 2 nitrogen and oxygen atoms in total. The standard InChI is InChI=1S/C22H46N2/c1-5-7-9-11-13-20(14-12-10-8-6-2)19-24(4)22-17-15-21(23-3)16-18-22/h20-23H,5-19H2,1-4H3/t21-,22-. The van der Waals surface area contributed by atoms with Crippen LogP contribution in [0.1, 0.15) is 104 Å². The Bertz CT molecular complexity index is 259. The van der Waals surface area contributed by atoms with Crippen molar-refractivity contribution in [1.82, 2.24) is 10.2 Å². The summed E-state index contributed by atoms with van der Waals surface area (Å²) in [6.07, 6.45) is 19.8. The predicted molar refractivity (Wildman–Crippen MR) is 109 cm³/mol. The average Bonchev–Trinajstić information content (AvgIpc) is 2.62.